The van der Waals surface area contributed by atoms with Crippen molar-refractivity contribution in [1.29, 1.82) is 0 Å². The zero-order valence-corrected chi connectivity index (χ0v) is 14.2. The summed E-state index contributed by atoms with van der Waals surface area (Å²) in [6, 6.07) is 17.3. The van der Waals surface area contributed by atoms with Crippen LogP contribution < -0.4 is 11.0 Å². The molecule has 0 aliphatic rings. The lowest BCUT2D eigenvalue weighted by Crippen LogP contribution is -2.18. The van der Waals surface area contributed by atoms with E-state index in [9.17, 15) is 4.79 Å². The van der Waals surface area contributed by atoms with Gasteiger partial charge < -0.3 is 0 Å². The molecule has 120 valence electrons. The summed E-state index contributed by atoms with van der Waals surface area (Å²) < 4.78 is 0.997. The van der Waals surface area contributed by atoms with E-state index < -0.39 is 0 Å². The van der Waals surface area contributed by atoms with Crippen LogP contribution in [0.2, 0.25) is 0 Å². The number of halogens is 1. The van der Waals surface area contributed by atoms with E-state index in [1.54, 1.807) is 6.21 Å². The van der Waals surface area contributed by atoms with Crippen LogP contribution in [0.3, 0.4) is 0 Å². The number of hydrogen-bond acceptors (Lipinski definition) is 5. The van der Waals surface area contributed by atoms with E-state index in [-0.39, 0.29) is 11.5 Å². The van der Waals surface area contributed by atoms with E-state index in [0.29, 0.717) is 12.1 Å². The van der Waals surface area contributed by atoms with Gasteiger partial charge in [-0.1, -0.05) is 58.4 Å². The fourth-order valence-corrected chi connectivity index (χ4v) is 2.30. The summed E-state index contributed by atoms with van der Waals surface area (Å²) in [5.41, 5.74) is 4.67. The third kappa shape index (κ3) is 4.36. The van der Waals surface area contributed by atoms with Crippen molar-refractivity contribution in [2.45, 2.75) is 6.42 Å². The molecule has 1 aromatic heterocycles. The molecule has 0 aliphatic heterocycles. The van der Waals surface area contributed by atoms with Crippen molar-refractivity contribution in [3.63, 3.8) is 0 Å². The average molecular weight is 384 g/mol. The largest absolute Gasteiger partial charge is 0.288 e. The molecule has 0 spiro atoms. The van der Waals surface area contributed by atoms with Gasteiger partial charge in [0.05, 0.1) is 6.21 Å². The summed E-state index contributed by atoms with van der Waals surface area (Å²) in [5.74, 6) is 0.199. The Hall–Kier alpha value is -2.80. The van der Waals surface area contributed by atoms with E-state index in [1.165, 1.54) is 0 Å². The van der Waals surface area contributed by atoms with Crippen molar-refractivity contribution in [2.24, 2.45) is 5.10 Å². The molecule has 0 unspecified atom stereocenters. The molecular weight excluding hydrogens is 370 g/mol. The van der Waals surface area contributed by atoms with Gasteiger partial charge in [0.25, 0.3) is 5.56 Å². The summed E-state index contributed by atoms with van der Waals surface area (Å²) >= 11 is 3.37. The number of rotatable bonds is 5. The molecule has 1 heterocycles. The van der Waals surface area contributed by atoms with Crippen molar-refractivity contribution >= 4 is 28.1 Å². The standard InChI is InChI=1S/C17H14BrN5O/c18-14-8-6-13(7-9-14)11-19-22-17-20-16(24)15(21-23-17)10-12-4-2-1-3-5-12/h1-9,11H,10H2,(H2,20,22,23,24)/b19-11+. The van der Waals surface area contributed by atoms with Gasteiger partial charge in [-0.3, -0.25) is 9.78 Å². The van der Waals surface area contributed by atoms with Gasteiger partial charge in [0.2, 0.25) is 5.95 Å². The van der Waals surface area contributed by atoms with Crippen LogP contribution in [-0.4, -0.2) is 21.4 Å². The first-order chi connectivity index (χ1) is 11.7. The van der Waals surface area contributed by atoms with Gasteiger partial charge in [-0.2, -0.15) is 5.10 Å². The van der Waals surface area contributed by atoms with E-state index >= 15 is 0 Å². The number of aromatic nitrogens is 3. The van der Waals surface area contributed by atoms with Crippen molar-refractivity contribution in [3.05, 3.63) is 86.2 Å². The molecule has 2 aromatic carbocycles. The molecule has 0 radical (unpaired) electrons. The summed E-state index contributed by atoms with van der Waals surface area (Å²) in [6.07, 6.45) is 2.07. The fourth-order valence-electron chi connectivity index (χ4n) is 2.03. The number of nitrogens with zero attached hydrogens (tertiary/aromatic N) is 3. The van der Waals surface area contributed by atoms with Crippen molar-refractivity contribution in [3.8, 4) is 0 Å². The molecule has 0 saturated carbocycles. The first kappa shape index (κ1) is 16.1. The fraction of sp³-hybridized carbons (Fsp3) is 0.0588. The lowest BCUT2D eigenvalue weighted by molar-refractivity contribution is 0.866. The van der Waals surface area contributed by atoms with Crippen LogP contribution in [-0.2, 0) is 6.42 Å². The predicted octanol–water partition coefficient (Wildman–Crippen LogP) is 2.96. The number of hydrogen-bond donors (Lipinski definition) is 2. The molecule has 0 bridgehead atoms. The second kappa shape index (κ2) is 7.65. The molecule has 0 amide bonds. The Bertz CT molecular complexity index is 891. The molecule has 24 heavy (non-hydrogen) atoms. The smallest absolute Gasteiger partial charge is 0.274 e. The zero-order chi connectivity index (χ0) is 16.8. The van der Waals surface area contributed by atoms with Crippen molar-refractivity contribution in [2.75, 3.05) is 5.43 Å². The molecule has 0 fully saturated rings. The number of nitrogens with one attached hydrogen (secondary N) is 2. The molecule has 2 N–H and O–H groups in total. The maximum Gasteiger partial charge on any atom is 0.274 e. The van der Waals surface area contributed by atoms with E-state index in [2.05, 4.69) is 41.6 Å². The van der Waals surface area contributed by atoms with Crippen LogP contribution in [0.1, 0.15) is 16.8 Å². The van der Waals surface area contributed by atoms with Crippen LogP contribution in [0.5, 0.6) is 0 Å². The summed E-state index contributed by atoms with van der Waals surface area (Å²) in [7, 11) is 0. The number of anilines is 1. The summed E-state index contributed by atoms with van der Waals surface area (Å²) in [4.78, 5) is 14.7. The molecule has 0 aliphatic carbocycles. The number of hydrazone groups is 1. The second-order valence-corrected chi connectivity index (χ2v) is 5.95. The maximum absolute atomic E-state index is 12.1. The lowest BCUT2D eigenvalue weighted by Gasteiger charge is -2.01. The molecule has 3 rings (SSSR count). The van der Waals surface area contributed by atoms with Crippen LogP contribution >= 0.6 is 15.9 Å². The molecular formula is C17H14BrN5O. The summed E-state index contributed by atoms with van der Waals surface area (Å²) in [6.45, 7) is 0. The topological polar surface area (TPSA) is 83.0 Å². The van der Waals surface area contributed by atoms with Gasteiger partial charge in [-0.15, -0.1) is 10.2 Å². The van der Waals surface area contributed by atoms with Crippen LogP contribution in [0.4, 0.5) is 5.95 Å². The Morgan fingerprint density at radius 2 is 1.83 bits per heavy atom. The van der Waals surface area contributed by atoms with Gasteiger partial charge in [0, 0.05) is 10.9 Å². The maximum atomic E-state index is 12.1. The first-order valence-corrected chi connectivity index (χ1v) is 8.04. The van der Waals surface area contributed by atoms with Crippen LogP contribution in [0, 0.1) is 0 Å². The third-order valence-corrected chi connectivity index (χ3v) is 3.76. The first-order valence-electron chi connectivity index (χ1n) is 7.25. The van der Waals surface area contributed by atoms with Crippen molar-refractivity contribution in [1.82, 2.24) is 15.2 Å². The second-order valence-electron chi connectivity index (χ2n) is 5.03. The van der Waals surface area contributed by atoms with E-state index in [1.807, 2.05) is 54.6 Å². The monoisotopic (exact) mass is 383 g/mol. The third-order valence-electron chi connectivity index (χ3n) is 3.23. The van der Waals surface area contributed by atoms with Crippen molar-refractivity contribution < 1.29 is 0 Å². The highest BCUT2D eigenvalue weighted by Gasteiger charge is 2.05. The van der Waals surface area contributed by atoms with E-state index in [0.717, 1.165) is 15.6 Å². The SMILES string of the molecule is O=c1[nH]c(N/N=C/c2ccc(Br)cc2)nnc1Cc1ccccc1. The normalized spacial score (nSPS) is 10.9. The molecule has 7 heteroatoms. The van der Waals surface area contributed by atoms with Gasteiger partial charge >= 0.3 is 0 Å². The van der Waals surface area contributed by atoms with Crippen LogP contribution in [0.15, 0.2) is 69.0 Å². The minimum absolute atomic E-state index is 0.199. The van der Waals surface area contributed by atoms with E-state index in [4.69, 9.17) is 0 Å². The minimum atomic E-state index is -0.282. The zero-order valence-electron chi connectivity index (χ0n) is 12.6. The predicted molar refractivity (Wildman–Crippen MR) is 97.3 cm³/mol. The van der Waals surface area contributed by atoms with Gasteiger partial charge in [0.15, 0.2) is 0 Å². The van der Waals surface area contributed by atoms with Gasteiger partial charge in [0.1, 0.15) is 5.69 Å². The molecule has 0 atom stereocenters. The van der Waals surface area contributed by atoms with Gasteiger partial charge in [-0.05, 0) is 23.3 Å². The Labute approximate surface area is 146 Å². The highest BCUT2D eigenvalue weighted by atomic mass is 79.9. The lowest BCUT2D eigenvalue weighted by atomic mass is 10.1. The Balaban J connectivity index is 1.66. The van der Waals surface area contributed by atoms with Crippen LogP contribution in [0.25, 0.3) is 0 Å². The number of benzene rings is 2. The Morgan fingerprint density at radius 3 is 2.54 bits per heavy atom. The highest BCUT2D eigenvalue weighted by molar-refractivity contribution is 9.10. The highest BCUT2D eigenvalue weighted by Crippen LogP contribution is 2.09. The molecule has 3 aromatic rings. The average Bonchev–Trinajstić information content (AvgIpc) is 2.60. The number of H-pyrrole nitrogens is 1. The van der Waals surface area contributed by atoms with Gasteiger partial charge in [-0.25, -0.2) is 5.43 Å². The minimum Gasteiger partial charge on any atom is -0.288 e. The molecule has 0 saturated heterocycles. The summed E-state index contributed by atoms with van der Waals surface area (Å²) in [5, 5.41) is 12.0. The Morgan fingerprint density at radius 1 is 1.08 bits per heavy atom. The Kier molecular flexibility index (Phi) is 5.12. The number of aromatic amines is 1. The quantitative estimate of drug-likeness (QED) is 0.524. The molecule has 6 nitrogen and oxygen atoms in total.